The summed E-state index contributed by atoms with van der Waals surface area (Å²) in [6.45, 7) is 6.09. The number of nitrogens with one attached hydrogen (secondary N) is 1. The molecule has 0 saturated heterocycles. The second-order valence-electron chi connectivity index (χ2n) is 8.77. The van der Waals surface area contributed by atoms with Gasteiger partial charge in [-0.2, -0.15) is 0 Å². The maximum Gasteiger partial charge on any atom is 0.264 e. The Balaban J connectivity index is 1.63. The summed E-state index contributed by atoms with van der Waals surface area (Å²) in [6, 6.07) is 20.4. The smallest absolute Gasteiger partial charge is 0.264 e. The van der Waals surface area contributed by atoms with E-state index in [1.165, 1.54) is 30.6 Å². The van der Waals surface area contributed by atoms with Gasteiger partial charge in [0.15, 0.2) is 6.61 Å². The van der Waals surface area contributed by atoms with Crippen molar-refractivity contribution in [2.24, 2.45) is 0 Å². The van der Waals surface area contributed by atoms with E-state index >= 15 is 0 Å². The van der Waals surface area contributed by atoms with Crippen molar-refractivity contribution in [1.82, 2.24) is 0 Å². The fourth-order valence-corrected chi connectivity index (χ4v) is 4.57. The summed E-state index contributed by atoms with van der Waals surface area (Å²) in [5, 5.41) is 2.90. The molecular weight excluding hydrogens is 452 g/mol. The van der Waals surface area contributed by atoms with Crippen molar-refractivity contribution in [2.45, 2.75) is 31.1 Å². The fraction of sp³-hybridized carbons (Fsp3) is 0.269. The molecular formula is C26H30N2O5S. The number of carbonyl (C=O) groups excluding carboxylic acids is 1. The van der Waals surface area contributed by atoms with Crippen LogP contribution >= 0.6 is 0 Å². The maximum absolute atomic E-state index is 12.9. The number of hydrogen-bond donors (Lipinski definition) is 1. The van der Waals surface area contributed by atoms with Gasteiger partial charge in [0.1, 0.15) is 11.5 Å². The van der Waals surface area contributed by atoms with Crippen molar-refractivity contribution < 1.29 is 22.7 Å². The second kappa shape index (κ2) is 10.2. The first-order chi connectivity index (χ1) is 16.0. The average molecular weight is 483 g/mol. The molecule has 8 heteroatoms. The standard InChI is InChI=1S/C26H30N2O5S/c1-26(2,3)23-8-6-7-9-24(23)27-25(29)18-33-21-12-10-19(11-13-21)28(4)34(30,31)22-16-14-20(32-5)15-17-22/h6-17H,18H2,1-5H3,(H,27,29). The van der Waals surface area contributed by atoms with E-state index in [0.717, 1.165) is 11.3 Å². The number of rotatable bonds is 8. The van der Waals surface area contributed by atoms with Crippen LogP contribution in [-0.2, 0) is 20.2 Å². The van der Waals surface area contributed by atoms with E-state index < -0.39 is 10.0 Å². The number of para-hydroxylation sites is 1. The van der Waals surface area contributed by atoms with E-state index in [4.69, 9.17) is 9.47 Å². The van der Waals surface area contributed by atoms with Gasteiger partial charge in [0.25, 0.3) is 15.9 Å². The molecule has 0 aromatic heterocycles. The molecule has 180 valence electrons. The quantitative estimate of drug-likeness (QED) is 0.497. The minimum atomic E-state index is -3.73. The topological polar surface area (TPSA) is 84.9 Å². The Kier molecular flexibility index (Phi) is 7.51. The van der Waals surface area contributed by atoms with Crippen LogP contribution < -0.4 is 19.1 Å². The molecule has 1 amide bonds. The highest BCUT2D eigenvalue weighted by Crippen LogP contribution is 2.29. The minimum absolute atomic E-state index is 0.112. The van der Waals surface area contributed by atoms with E-state index in [9.17, 15) is 13.2 Å². The second-order valence-corrected chi connectivity index (χ2v) is 10.7. The van der Waals surface area contributed by atoms with Crippen LogP contribution in [0, 0.1) is 0 Å². The Labute approximate surface area is 201 Å². The van der Waals surface area contributed by atoms with E-state index in [2.05, 4.69) is 26.1 Å². The maximum atomic E-state index is 12.9. The van der Waals surface area contributed by atoms with Crippen molar-refractivity contribution in [3.05, 3.63) is 78.4 Å². The number of sulfonamides is 1. The normalized spacial score (nSPS) is 11.6. The molecule has 0 aliphatic heterocycles. The zero-order valence-electron chi connectivity index (χ0n) is 20.0. The summed E-state index contributed by atoms with van der Waals surface area (Å²) in [6.07, 6.45) is 0. The number of ether oxygens (including phenoxy) is 2. The molecule has 3 aromatic rings. The SMILES string of the molecule is COc1ccc(S(=O)(=O)N(C)c2ccc(OCC(=O)Nc3ccccc3C(C)(C)C)cc2)cc1. The first-order valence-corrected chi connectivity index (χ1v) is 12.2. The highest BCUT2D eigenvalue weighted by Gasteiger charge is 2.22. The van der Waals surface area contributed by atoms with E-state index in [1.807, 2.05) is 24.3 Å². The van der Waals surface area contributed by atoms with Crippen LogP contribution in [0.25, 0.3) is 0 Å². The number of nitrogens with zero attached hydrogens (tertiary/aromatic N) is 1. The summed E-state index contributed by atoms with van der Waals surface area (Å²) >= 11 is 0. The van der Waals surface area contributed by atoms with Gasteiger partial charge < -0.3 is 14.8 Å². The average Bonchev–Trinajstić information content (AvgIpc) is 2.82. The molecule has 0 fully saturated rings. The molecule has 0 spiro atoms. The van der Waals surface area contributed by atoms with Crippen molar-refractivity contribution in [2.75, 3.05) is 30.4 Å². The predicted molar refractivity (Wildman–Crippen MR) is 134 cm³/mol. The molecule has 0 heterocycles. The zero-order valence-corrected chi connectivity index (χ0v) is 20.8. The number of anilines is 2. The largest absolute Gasteiger partial charge is 0.497 e. The van der Waals surface area contributed by atoms with Gasteiger partial charge in [-0.15, -0.1) is 0 Å². The van der Waals surface area contributed by atoms with Gasteiger partial charge in [-0.05, 0) is 65.6 Å². The number of amides is 1. The fourth-order valence-electron chi connectivity index (χ4n) is 3.38. The van der Waals surface area contributed by atoms with Crippen molar-refractivity contribution in [1.29, 1.82) is 0 Å². The third-order valence-electron chi connectivity index (χ3n) is 5.30. The first kappa shape index (κ1) is 25.1. The van der Waals surface area contributed by atoms with Gasteiger partial charge in [0.05, 0.1) is 17.7 Å². The molecule has 0 aliphatic rings. The third-order valence-corrected chi connectivity index (χ3v) is 7.10. The summed E-state index contributed by atoms with van der Waals surface area (Å²) in [5.41, 5.74) is 2.14. The Hall–Kier alpha value is -3.52. The van der Waals surface area contributed by atoms with E-state index in [0.29, 0.717) is 17.2 Å². The molecule has 0 unspecified atom stereocenters. The summed E-state index contributed by atoms with van der Waals surface area (Å²) in [7, 11) is -0.730. The molecule has 0 aliphatic carbocycles. The number of methoxy groups -OCH3 is 1. The van der Waals surface area contributed by atoms with Crippen molar-refractivity contribution in [3.63, 3.8) is 0 Å². The Morgan fingerprint density at radius 3 is 2.09 bits per heavy atom. The molecule has 1 N–H and O–H groups in total. The van der Waals surface area contributed by atoms with Gasteiger partial charge in [-0.1, -0.05) is 39.0 Å². The molecule has 7 nitrogen and oxygen atoms in total. The molecule has 0 radical (unpaired) electrons. The predicted octanol–water partition coefficient (Wildman–Crippen LogP) is 4.84. The van der Waals surface area contributed by atoms with Crippen LogP contribution in [-0.4, -0.2) is 35.1 Å². The van der Waals surface area contributed by atoms with Crippen LogP contribution in [0.3, 0.4) is 0 Å². The molecule has 3 rings (SSSR count). The number of benzene rings is 3. The molecule has 0 saturated carbocycles. The summed E-state index contributed by atoms with van der Waals surface area (Å²) in [4.78, 5) is 12.6. The molecule has 34 heavy (non-hydrogen) atoms. The van der Waals surface area contributed by atoms with Gasteiger partial charge in [-0.25, -0.2) is 8.42 Å². The van der Waals surface area contributed by atoms with E-state index in [1.54, 1.807) is 36.4 Å². The number of hydrogen-bond acceptors (Lipinski definition) is 5. The number of carbonyl (C=O) groups is 1. The van der Waals surface area contributed by atoms with Gasteiger partial charge >= 0.3 is 0 Å². The van der Waals surface area contributed by atoms with Crippen molar-refractivity contribution in [3.8, 4) is 11.5 Å². The van der Waals surface area contributed by atoms with Gasteiger partial charge in [0, 0.05) is 12.7 Å². The lowest BCUT2D eigenvalue weighted by Gasteiger charge is -2.23. The third kappa shape index (κ3) is 5.88. The summed E-state index contributed by atoms with van der Waals surface area (Å²) in [5.74, 6) is 0.757. The highest BCUT2D eigenvalue weighted by atomic mass is 32.2. The highest BCUT2D eigenvalue weighted by molar-refractivity contribution is 7.92. The summed E-state index contributed by atoms with van der Waals surface area (Å²) < 4.78 is 37.7. The molecule has 0 bridgehead atoms. The van der Waals surface area contributed by atoms with Crippen molar-refractivity contribution >= 4 is 27.3 Å². The lowest BCUT2D eigenvalue weighted by Crippen LogP contribution is -2.26. The Morgan fingerprint density at radius 2 is 1.50 bits per heavy atom. The lowest BCUT2D eigenvalue weighted by atomic mass is 9.86. The van der Waals surface area contributed by atoms with Crippen LogP contribution in [0.15, 0.2) is 77.7 Å². The van der Waals surface area contributed by atoms with Crippen LogP contribution in [0.5, 0.6) is 11.5 Å². The van der Waals surface area contributed by atoms with E-state index in [-0.39, 0.29) is 22.8 Å². The zero-order chi connectivity index (χ0) is 24.9. The monoisotopic (exact) mass is 482 g/mol. The molecule has 0 atom stereocenters. The Bertz CT molecular complexity index is 1230. The first-order valence-electron chi connectivity index (χ1n) is 10.8. The van der Waals surface area contributed by atoms with Crippen LogP contribution in [0.1, 0.15) is 26.3 Å². The van der Waals surface area contributed by atoms with Gasteiger partial charge in [0.2, 0.25) is 0 Å². The van der Waals surface area contributed by atoms with Crippen LogP contribution in [0.4, 0.5) is 11.4 Å². The Morgan fingerprint density at radius 1 is 0.912 bits per heavy atom. The lowest BCUT2D eigenvalue weighted by molar-refractivity contribution is -0.118. The van der Waals surface area contributed by atoms with Crippen LogP contribution in [0.2, 0.25) is 0 Å². The molecule has 3 aromatic carbocycles. The minimum Gasteiger partial charge on any atom is -0.497 e. The van der Waals surface area contributed by atoms with Gasteiger partial charge in [-0.3, -0.25) is 9.10 Å².